The van der Waals surface area contributed by atoms with E-state index in [1.807, 2.05) is 60.4 Å². The first kappa shape index (κ1) is 25.8. The third-order valence-corrected chi connectivity index (χ3v) is 7.67. The zero-order chi connectivity index (χ0) is 25.4. The number of amides is 1. The van der Waals surface area contributed by atoms with E-state index in [-0.39, 0.29) is 29.4 Å². The molecule has 1 amide bonds. The van der Waals surface area contributed by atoms with Crippen molar-refractivity contribution in [1.29, 1.82) is 0 Å². The fourth-order valence-electron chi connectivity index (χ4n) is 5.51. The summed E-state index contributed by atoms with van der Waals surface area (Å²) in [7, 11) is 0. The molecule has 4 atom stereocenters. The van der Waals surface area contributed by atoms with Gasteiger partial charge < -0.3 is 9.64 Å². The van der Waals surface area contributed by atoms with Crippen molar-refractivity contribution < 1.29 is 9.53 Å². The second-order valence-corrected chi connectivity index (χ2v) is 11.5. The van der Waals surface area contributed by atoms with E-state index in [9.17, 15) is 4.79 Å². The molecule has 0 aliphatic carbocycles. The topological polar surface area (TPSA) is 41.9 Å². The van der Waals surface area contributed by atoms with E-state index in [4.69, 9.17) is 32.9 Å². The molecule has 1 saturated heterocycles. The van der Waals surface area contributed by atoms with Crippen LogP contribution in [0.1, 0.15) is 70.0 Å². The van der Waals surface area contributed by atoms with E-state index in [1.54, 1.807) is 0 Å². The molecule has 186 valence electrons. The molecular formula is C29H34Cl2N2O2. The van der Waals surface area contributed by atoms with Crippen LogP contribution in [0.15, 0.2) is 66.2 Å². The summed E-state index contributed by atoms with van der Waals surface area (Å²) in [6.07, 6.45) is 3.80. The zero-order valence-electron chi connectivity index (χ0n) is 20.9. The predicted molar refractivity (Wildman–Crippen MR) is 144 cm³/mol. The molecule has 2 aromatic carbocycles. The van der Waals surface area contributed by atoms with Crippen molar-refractivity contribution in [2.45, 2.75) is 70.5 Å². The molecule has 2 aliphatic rings. The second-order valence-electron chi connectivity index (χ2n) is 10.6. The Labute approximate surface area is 219 Å². The summed E-state index contributed by atoms with van der Waals surface area (Å²) in [6.45, 7) is 12.7. The molecule has 0 bridgehead atoms. The van der Waals surface area contributed by atoms with Crippen molar-refractivity contribution in [1.82, 2.24) is 4.90 Å². The first-order valence-corrected chi connectivity index (χ1v) is 13.0. The highest BCUT2D eigenvalue weighted by Gasteiger charge is 2.52. The van der Waals surface area contributed by atoms with E-state index in [2.05, 4.69) is 33.4 Å². The SMILES string of the molecule is C=CC[C@@]1(C)C[C@H](c2cccc(Cl)c2)[C@@H](c2ccc(Cl)cc2)N(C(CC)C2=NC(C)(C)CO2)C1=O. The third-order valence-electron chi connectivity index (χ3n) is 7.18. The summed E-state index contributed by atoms with van der Waals surface area (Å²) in [4.78, 5) is 21.3. The standard InChI is InChI=1S/C29H34Cl2N2O2/c1-6-15-29(5)17-23(20-9-8-10-22(31)16-20)25(19-11-13-21(30)14-12-19)33(27(29)34)24(7-2)26-32-28(3,4)18-35-26/h6,8-14,16,23-25H,1,7,15,17-18H2,2-5H3/t23-,24?,25-,29+/m1/s1. The number of nitrogens with zero attached hydrogens (tertiary/aromatic N) is 2. The number of halogens is 2. The minimum Gasteiger partial charge on any atom is -0.477 e. The molecule has 0 saturated carbocycles. The van der Waals surface area contributed by atoms with Crippen molar-refractivity contribution in [2.24, 2.45) is 10.4 Å². The number of allylic oxidation sites excluding steroid dienone is 1. The average Bonchev–Trinajstić information content (AvgIpc) is 3.17. The van der Waals surface area contributed by atoms with Gasteiger partial charge in [0.1, 0.15) is 12.6 Å². The summed E-state index contributed by atoms with van der Waals surface area (Å²) in [5.74, 6) is 0.748. The molecule has 0 N–H and O–H groups in total. The van der Waals surface area contributed by atoms with E-state index in [0.29, 0.717) is 41.8 Å². The quantitative estimate of drug-likeness (QED) is 0.358. The Kier molecular flexibility index (Phi) is 7.36. The Bertz CT molecular complexity index is 1130. The van der Waals surface area contributed by atoms with Crippen LogP contribution in [0, 0.1) is 5.41 Å². The maximum Gasteiger partial charge on any atom is 0.230 e. The average molecular weight is 514 g/mol. The maximum absolute atomic E-state index is 14.4. The molecule has 6 heteroatoms. The van der Waals surface area contributed by atoms with E-state index in [1.165, 1.54) is 0 Å². The molecule has 4 rings (SSSR count). The number of ether oxygens (including phenoxy) is 1. The molecular weight excluding hydrogens is 479 g/mol. The number of piperidine rings is 1. The number of likely N-dealkylation sites (tertiary alicyclic amines) is 1. The lowest BCUT2D eigenvalue weighted by molar-refractivity contribution is -0.153. The normalized spacial score (nSPS) is 26.7. The first-order valence-electron chi connectivity index (χ1n) is 12.3. The van der Waals surface area contributed by atoms with Gasteiger partial charge in [-0.25, -0.2) is 4.99 Å². The molecule has 0 aromatic heterocycles. The van der Waals surface area contributed by atoms with Gasteiger partial charge in [-0.3, -0.25) is 4.79 Å². The lowest BCUT2D eigenvalue weighted by Gasteiger charge is -2.51. The van der Waals surface area contributed by atoms with Gasteiger partial charge in [0.05, 0.1) is 17.0 Å². The van der Waals surface area contributed by atoms with Gasteiger partial charge in [0, 0.05) is 16.0 Å². The number of rotatable bonds is 7. The fourth-order valence-corrected chi connectivity index (χ4v) is 5.83. The van der Waals surface area contributed by atoms with E-state index < -0.39 is 5.41 Å². The van der Waals surface area contributed by atoms with Gasteiger partial charge in [-0.15, -0.1) is 6.58 Å². The molecule has 4 nitrogen and oxygen atoms in total. The van der Waals surface area contributed by atoms with Gasteiger partial charge in [0.15, 0.2) is 0 Å². The summed E-state index contributed by atoms with van der Waals surface area (Å²) in [5, 5.41) is 1.35. The van der Waals surface area contributed by atoms with Gasteiger partial charge in [0.25, 0.3) is 0 Å². The van der Waals surface area contributed by atoms with E-state index in [0.717, 1.165) is 11.1 Å². The minimum atomic E-state index is -0.611. The summed E-state index contributed by atoms with van der Waals surface area (Å²) in [5.41, 5.74) is 1.22. The Morgan fingerprint density at radius 2 is 1.86 bits per heavy atom. The van der Waals surface area contributed by atoms with Crippen LogP contribution in [0.2, 0.25) is 10.0 Å². The number of aliphatic imine (C=N–C) groups is 1. The lowest BCUT2D eigenvalue weighted by Crippen LogP contribution is -2.57. The van der Waals surface area contributed by atoms with Gasteiger partial charge in [-0.2, -0.15) is 0 Å². The fraction of sp³-hybridized carbons (Fsp3) is 0.448. The highest BCUT2D eigenvalue weighted by atomic mass is 35.5. The maximum atomic E-state index is 14.4. The molecule has 0 radical (unpaired) electrons. The molecule has 0 spiro atoms. The van der Waals surface area contributed by atoms with Gasteiger partial charge in [-0.05, 0) is 68.5 Å². The zero-order valence-corrected chi connectivity index (χ0v) is 22.4. The predicted octanol–water partition coefficient (Wildman–Crippen LogP) is 7.62. The Balaban J connectivity index is 1.92. The highest BCUT2D eigenvalue weighted by Crippen LogP contribution is 2.52. The van der Waals surface area contributed by atoms with Crippen LogP contribution in [-0.4, -0.2) is 34.9 Å². The number of carbonyl (C=O) groups excluding carboxylic acids is 1. The molecule has 2 aromatic rings. The van der Waals surface area contributed by atoms with Crippen LogP contribution >= 0.6 is 23.2 Å². The molecule has 35 heavy (non-hydrogen) atoms. The van der Waals surface area contributed by atoms with Crippen LogP contribution in [0.5, 0.6) is 0 Å². The Hall–Kier alpha value is -2.30. The highest BCUT2D eigenvalue weighted by molar-refractivity contribution is 6.30. The Morgan fingerprint density at radius 3 is 2.43 bits per heavy atom. The van der Waals surface area contributed by atoms with Crippen molar-refractivity contribution in [3.05, 3.63) is 82.4 Å². The van der Waals surface area contributed by atoms with E-state index >= 15 is 0 Å². The number of carbonyl (C=O) groups is 1. The van der Waals surface area contributed by atoms with Crippen molar-refractivity contribution in [3.63, 3.8) is 0 Å². The summed E-state index contributed by atoms with van der Waals surface area (Å²) >= 11 is 12.7. The van der Waals surface area contributed by atoms with Crippen molar-refractivity contribution >= 4 is 35.0 Å². The molecule has 2 heterocycles. The lowest BCUT2D eigenvalue weighted by atomic mass is 9.67. The molecule has 2 aliphatic heterocycles. The van der Waals surface area contributed by atoms with Crippen molar-refractivity contribution in [2.75, 3.05) is 6.61 Å². The largest absolute Gasteiger partial charge is 0.477 e. The van der Waals surface area contributed by atoms with Crippen LogP contribution < -0.4 is 0 Å². The van der Waals surface area contributed by atoms with Crippen LogP contribution in [0.4, 0.5) is 0 Å². The summed E-state index contributed by atoms with van der Waals surface area (Å²) in [6, 6.07) is 15.3. The smallest absolute Gasteiger partial charge is 0.230 e. The number of benzene rings is 2. The number of hydrogen-bond acceptors (Lipinski definition) is 3. The third kappa shape index (κ3) is 5.15. The number of hydrogen-bond donors (Lipinski definition) is 0. The minimum absolute atomic E-state index is 0.0154. The monoisotopic (exact) mass is 512 g/mol. The molecule has 1 fully saturated rings. The summed E-state index contributed by atoms with van der Waals surface area (Å²) < 4.78 is 6.11. The second kappa shape index (κ2) is 9.99. The van der Waals surface area contributed by atoms with Crippen LogP contribution in [-0.2, 0) is 9.53 Å². The van der Waals surface area contributed by atoms with Crippen molar-refractivity contribution in [3.8, 4) is 0 Å². The molecule has 1 unspecified atom stereocenters. The van der Waals surface area contributed by atoms with Crippen LogP contribution in [0.25, 0.3) is 0 Å². The van der Waals surface area contributed by atoms with Crippen LogP contribution in [0.3, 0.4) is 0 Å². The first-order chi connectivity index (χ1) is 16.6. The van der Waals surface area contributed by atoms with Gasteiger partial charge >= 0.3 is 0 Å². The van der Waals surface area contributed by atoms with Gasteiger partial charge in [-0.1, -0.05) is 67.4 Å². The Morgan fingerprint density at radius 1 is 1.14 bits per heavy atom. The van der Waals surface area contributed by atoms with Gasteiger partial charge in [0.2, 0.25) is 11.8 Å².